The maximum Gasteiger partial charge on any atom is 0.118 e. The van der Waals surface area contributed by atoms with E-state index in [0.29, 0.717) is 0 Å². The Balaban J connectivity index is 2.19. The molecule has 2 rings (SSSR count). The van der Waals surface area contributed by atoms with Crippen LogP contribution >= 0.6 is 0 Å². The Kier molecular flexibility index (Phi) is 5.06. The molecule has 20 heavy (non-hydrogen) atoms. The fourth-order valence-corrected chi connectivity index (χ4v) is 3.20. The van der Waals surface area contributed by atoms with Crippen LogP contribution in [0.3, 0.4) is 0 Å². The first-order chi connectivity index (χ1) is 9.61. The molecular weight excluding hydrogens is 250 g/mol. The predicted molar refractivity (Wildman–Crippen MR) is 81.9 cm³/mol. The van der Waals surface area contributed by atoms with Crippen LogP contribution in [0.1, 0.15) is 51.1 Å². The minimum atomic E-state index is -0.199. The van der Waals surface area contributed by atoms with Gasteiger partial charge in [-0.2, -0.15) is 0 Å². The molecule has 0 amide bonds. The highest BCUT2D eigenvalue weighted by atomic mass is 16.5. The molecule has 1 fully saturated rings. The van der Waals surface area contributed by atoms with Crippen LogP contribution in [0.2, 0.25) is 0 Å². The fourth-order valence-electron chi connectivity index (χ4n) is 3.20. The van der Waals surface area contributed by atoms with Gasteiger partial charge in [0.15, 0.2) is 0 Å². The summed E-state index contributed by atoms with van der Waals surface area (Å²) >= 11 is 0. The van der Waals surface area contributed by atoms with Gasteiger partial charge in [0.2, 0.25) is 0 Å². The number of benzene rings is 1. The van der Waals surface area contributed by atoms with Crippen LogP contribution in [0.4, 0.5) is 0 Å². The third-order valence-corrected chi connectivity index (χ3v) is 4.59. The highest BCUT2D eigenvalue weighted by molar-refractivity contribution is 5.30. The molecule has 0 bridgehead atoms. The molecule has 1 aliphatic carbocycles. The lowest BCUT2D eigenvalue weighted by Crippen LogP contribution is -2.46. The van der Waals surface area contributed by atoms with Crippen LogP contribution in [0.25, 0.3) is 0 Å². The van der Waals surface area contributed by atoms with Crippen molar-refractivity contribution in [2.24, 2.45) is 11.7 Å². The standard InChI is InChI=1S/C17H27NO2/c1-4-20-17(11-9-13(2)10-12-17)16(18)14-5-7-15(19-3)8-6-14/h5-8,13,16H,4,9-12,18H2,1-3H3. The molecule has 3 nitrogen and oxygen atoms in total. The summed E-state index contributed by atoms with van der Waals surface area (Å²) in [5, 5.41) is 0. The number of hydrogen-bond donors (Lipinski definition) is 1. The highest BCUT2D eigenvalue weighted by Crippen LogP contribution is 2.42. The molecule has 1 saturated carbocycles. The Hall–Kier alpha value is -1.06. The number of methoxy groups -OCH3 is 1. The monoisotopic (exact) mass is 277 g/mol. The topological polar surface area (TPSA) is 44.5 Å². The van der Waals surface area contributed by atoms with Gasteiger partial charge in [0, 0.05) is 6.61 Å². The van der Waals surface area contributed by atoms with E-state index >= 15 is 0 Å². The first-order valence-corrected chi connectivity index (χ1v) is 7.65. The van der Waals surface area contributed by atoms with Crippen molar-refractivity contribution in [2.75, 3.05) is 13.7 Å². The van der Waals surface area contributed by atoms with Gasteiger partial charge in [-0.1, -0.05) is 19.1 Å². The maximum absolute atomic E-state index is 6.56. The van der Waals surface area contributed by atoms with Gasteiger partial charge in [-0.25, -0.2) is 0 Å². The van der Waals surface area contributed by atoms with Gasteiger partial charge < -0.3 is 15.2 Å². The van der Waals surface area contributed by atoms with Crippen LogP contribution in [-0.2, 0) is 4.74 Å². The zero-order valence-electron chi connectivity index (χ0n) is 12.9. The van der Waals surface area contributed by atoms with Crippen molar-refractivity contribution in [3.63, 3.8) is 0 Å². The van der Waals surface area contributed by atoms with E-state index in [0.717, 1.165) is 36.7 Å². The van der Waals surface area contributed by atoms with Gasteiger partial charge in [0.05, 0.1) is 18.8 Å². The molecular formula is C17H27NO2. The number of rotatable bonds is 5. The largest absolute Gasteiger partial charge is 0.497 e. The van der Waals surface area contributed by atoms with Crippen molar-refractivity contribution in [1.29, 1.82) is 0 Å². The second-order valence-electron chi connectivity index (χ2n) is 5.93. The molecule has 1 aromatic rings. The quantitative estimate of drug-likeness (QED) is 0.893. The summed E-state index contributed by atoms with van der Waals surface area (Å²) in [6.07, 6.45) is 4.50. The van der Waals surface area contributed by atoms with Gasteiger partial charge in [0.25, 0.3) is 0 Å². The van der Waals surface area contributed by atoms with Crippen molar-refractivity contribution < 1.29 is 9.47 Å². The zero-order chi connectivity index (χ0) is 14.6. The number of ether oxygens (including phenoxy) is 2. The molecule has 0 heterocycles. The van der Waals surface area contributed by atoms with Crippen LogP contribution in [0, 0.1) is 5.92 Å². The molecule has 0 spiro atoms. The summed E-state index contributed by atoms with van der Waals surface area (Å²) in [6.45, 7) is 5.09. The van der Waals surface area contributed by atoms with Crippen molar-refractivity contribution in [3.05, 3.63) is 29.8 Å². The van der Waals surface area contributed by atoms with Gasteiger partial charge in [-0.15, -0.1) is 0 Å². The second-order valence-corrected chi connectivity index (χ2v) is 5.93. The van der Waals surface area contributed by atoms with E-state index in [9.17, 15) is 0 Å². The first-order valence-electron chi connectivity index (χ1n) is 7.65. The fraction of sp³-hybridized carbons (Fsp3) is 0.647. The van der Waals surface area contributed by atoms with E-state index in [1.807, 2.05) is 12.1 Å². The van der Waals surface area contributed by atoms with Gasteiger partial charge in [-0.05, 0) is 56.2 Å². The Labute approximate surface area is 122 Å². The molecule has 1 aliphatic rings. The average molecular weight is 277 g/mol. The Morgan fingerprint density at radius 1 is 1.25 bits per heavy atom. The van der Waals surface area contributed by atoms with Crippen molar-refractivity contribution >= 4 is 0 Å². The van der Waals surface area contributed by atoms with E-state index in [1.54, 1.807) is 7.11 Å². The SMILES string of the molecule is CCOC1(C(N)c2ccc(OC)cc2)CCC(C)CC1. The van der Waals surface area contributed by atoms with Crippen LogP contribution in [0.15, 0.2) is 24.3 Å². The summed E-state index contributed by atoms with van der Waals surface area (Å²) < 4.78 is 11.3. The Bertz CT molecular complexity index is 408. The minimum absolute atomic E-state index is 0.0687. The molecule has 2 N–H and O–H groups in total. The highest BCUT2D eigenvalue weighted by Gasteiger charge is 2.40. The second kappa shape index (κ2) is 6.59. The van der Waals surface area contributed by atoms with E-state index in [-0.39, 0.29) is 11.6 Å². The van der Waals surface area contributed by atoms with Crippen LogP contribution in [0.5, 0.6) is 5.75 Å². The summed E-state index contributed by atoms with van der Waals surface area (Å²) in [6, 6.07) is 7.99. The van der Waals surface area contributed by atoms with Crippen molar-refractivity contribution in [2.45, 2.75) is 51.2 Å². The van der Waals surface area contributed by atoms with E-state index < -0.39 is 0 Å². The molecule has 1 atom stereocenters. The molecule has 3 heteroatoms. The third kappa shape index (κ3) is 3.15. The molecule has 1 unspecified atom stereocenters. The van der Waals surface area contributed by atoms with Gasteiger partial charge in [0.1, 0.15) is 5.75 Å². The van der Waals surface area contributed by atoms with E-state index in [1.165, 1.54) is 12.8 Å². The maximum atomic E-state index is 6.56. The molecule has 112 valence electrons. The summed E-state index contributed by atoms with van der Waals surface area (Å²) in [4.78, 5) is 0. The lowest BCUT2D eigenvalue weighted by Gasteiger charge is -2.43. The van der Waals surface area contributed by atoms with Gasteiger partial charge in [-0.3, -0.25) is 0 Å². The van der Waals surface area contributed by atoms with Crippen LogP contribution in [-0.4, -0.2) is 19.3 Å². The summed E-state index contributed by atoms with van der Waals surface area (Å²) in [7, 11) is 1.68. The molecule has 0 aliphatic heterocycles. The summed E-state index contributed by atoms with van der Waals surface area (Å²) in [5.41, 5.74) is 7.50. The van der Waals surface area contributed by atoms with Gasteiger partial charge >= 0.3 is 0 Å². The smallest absolute Gasteiger partial charge is 0.118 e. The lowest BCUT2D eigenvalue weighted by atomic mass is 9.73. The molecule has 1 aromatic carbocycles. The van der Waals surface area contributed by atoms with Crippen molar-refractivity contribution in [1.82, 2.24) is 0 Å². The normalized spacial score (nSPS) is 28.1. The average Bonchev–Trinajstić information content (AvgIpc) is 2.49. The van der Waals surface area contributed by atoms with Crippen LogP contribution < -0.4 is 10.5 Å². The number of hydrogen-bond acceptors (Lipinski definition) is 3. The third-order valence-electron chi connectivity index (χ3n) is 4.59. The summed E-state index contributed by atoms with van der Waals surface area (Å²) in [5.74, 6) is 1.65. The predicted octanol–water partition coefficient (Wildman–Crippen LogP) is 3.68. The van der Waals surface area contributed by atoms with E-state index in [2.05, 4.69) is 26.0 Å². The molecule has 0 radical (unpaired) electrons. The minimum Gasteiger partial charge on any atom is -0.497 e. The molecule has 0 saturated heterocycles. The first kappa shape index (κ1) is 15.3. The molecule has 0 aromatic heterocycles. The zero-order valence-corrected chi connectivity index (χ0v) is 12.9. The van der Waals surface area contributed by atoms with Crippen molar-refractivity contribution in [3.8, 4) is 5.75 Å². The Morgan fingerprint density at radius 3 is 2.35 bits per heavy atom. The Morgan fingerprint density at radius 2 is 1.85 bits per heavy atom. The number of nitrogens with two attached hydrogens (primary N) is 1. The van der Waals surface area contributed by atoms with E-state index in [4.69, 9.17) is 15.2 Å². The lowest BCUT2D eigenvalue weighted by molar-refractivity contribution is -0.0896.